The summed E-state index contributed by atoms with van der Waals surface area (Å²) in [6.07, 6.45) is 5.35. The van der Waals surface area contributed by atoms with E-state index in [2.05, 4.69) is 27.0 Å². The minimum atomic E-state index is -0.349. The van der Waals surface area contributed by atoms with Gasteiger partial charge in [-0.05, 0) is 61.7 Å². The summed E-state index contributed by atoms with van der Waals surface area (Å²) in [6, 6.07) is 17.5. The number of aromatic nitrogens is 2. The van der Waals surface area contributed by atoms with Crippen LogP contribution in [-0.2, 0) is 6.42 Å². The highest BCUT2D eigenvalue weighted by molar-refractivity contribution is 7.14. The first kappa shape index (κ1) is 23.5. The van der Waals surface area contributed by atoms with Crippen molar-refractivity contribution in [2.75, 3.05) is 37.6 Å². The number of piperazine rings is 1. The second kappa shape index (κ2) is 10.2. The quantitative estimate of drug-likeness (QED) is 0.233. The Labute approximate surface area is 218 Å². The van der Waals surface area contributed by atoms with E-state index >= 15 is 0 Å². The Morgan fingerprint density at radius 1 is 1.08 bits per heavy atom. The number of hydrogen-bond acceptors (Lipinski definition) is 7. The Kier molecular flexibility index (Phi) is 6.47. The van der Waals surface area contributed by atoms with Crippen LogP contribution in [0.25, 0.3) is 33.1 Å². The van der Waals surface area contributed by atoms with E-state index in [0.717, 1.165) is 73.4 Å². The third-order valence-corrected chi connectivity index (χ3v) is 8.02. The Morgan fingerprint density at radius 3 is 2.81 bits per heavy atom. The summed E-state index contributed by atoms with van der Waals surface area (Å²) in [5.41, 5.74) is 4.53. The van der Waals surface area contributed by atoms with Crippen molar-refractivity contribution in [1.29, 1.82) is 5.26 Å². The number of nitriles is 1. The molecule has 6 rings (SSSR count). The van der Waals surface area contributed by atoms with Crippen molar-refractivity contribution in [1.82, 2.24) is 14.9 Å². The molecule has 1 N–H and O–H groups in total. The van der Waals surface area contributed by atoms with Gasteiger partial charge in [-0.1, -0.05) is 18.2 Å². The van der Waals surface area contributed by atoms with Gasteiger partial charge in [0.05, 0.1) is 22.9 Å². The van der Waals surface area contributed by atoms with E-state index in [0.29, 0.717) is 22.4 Å². The van der Waals surface area contributed by atoms with Gasteiger partial charge in [-0.15, -0.1) is 11.3 Å². The number of para-hydroxylation sites is 1. The second-order valence-corrected chi connectivity index (χ2v) is 10.3. The number of unbranched alkanes of at least 4 members (excludes halogenated alkanes) is 1. The molecule has 3 aromatic heterocycles. The minimum Gasteiger partial charge on any atom is -0.422 e. The summed E-state index contributed by atoms with van der Waals surface area (Å²) in [7, 11) is 0. The first-order valence-corrected chi connectivity index (χ1v) is 13.5. The average Bonchev–Trinajstić information content (AvgIpc) is 3.58. The number of nitrogens with zero attached hydrogens (tertiary/aromatic N) is 4. The predicted molar refractivity (Wildman–Crippen MR) is 148 cm³/mol. The minimum absolute atomic E-state index is 0.349. The zero-order chi connectivity index (χ0) is 25.2. The molecule has 0 atom stereocenters. The summed E-state index contributed by atoms with van der Waals surface area (Å²) < 4.78 is 5.49. The molecule has 1 aliphatic heterocycles. The van der Waals surface area contributed by atoms with Gasteiger partial charge in [0.15, 0.2) is 5.13 Å². The molecular formula is C29H27N5O2S. The molecule has 0 unspecified atom stereocenters. The molecule has 186 valence electrons. The van der Waals surface area contributed by atoms with Crippen LogP contribution in [0.2, 0.25) is 0 Å². The zero-order valence-electron chi connectivity index (χ0n) is 20.4. The van der Waals surface area contributed by atoms with Crippen molar-refractivity contribution in [3.05, 3.63) is 81.7 Å². The molecule has 1 saturated heterocycles. The first-order valence-electron chi connectivity index (χ1n) is 12.6. The Morgan fingerprint density at radius 2 is 1.95 bits per heavy atom. The van der Waals surface area contributed by atoms with Crippen LogP contribution in [0, 0.1) is 11.3 Å². The lowest BCUT2D eigenvalue weighted by Gasteiger charge is -2.34. The largest absolute Gasteiger partial charge is 0.422 e. The molecule has 0 spiro atoms. The highest BCUT2D eigenvalue weighted by Gasteiger charge is 2.20. The number of H-pyrrole nitrogens is 1. The maximum atomic E-state index is 12.5. The highest BCUT2D eigenvalue weighted by atomic mass is 32.1. The lowest BCUT2D eigenvalue weighted by Crippen LogP contribution is -2.46. The van der Waals surface area contributed by atoms with Crippen LogP contribution >= 0.6 is 11.3 Å². The van der Waals surface area contributed by atoms with Gasteiger partial charge < -0.3 is 14.3 Å². The molecule has 2 aromatic carbocycles. The number of rotatable bonds is 7. The van der Waals surface area contributed by atoms with Crippen molar-refractivity contribution >= 4 is 38.3 Å². The maximum absolute atomic E-state index is 12.5. The maximum Gasteiger partial charge on any atom is 0.345 e. The molecule has 7 nitrogen and oxygen atoms in total. The van der Waals surface area contributed by atoms with Crippen LogP contribution in [0.5, 0.6) is 0 Å². The first-order chi connectivity index (χ1) is 18.2. The topological polar surface area (TPSA) is 89.2 Å². The van der Waals surface area contributed by atoms with Crippen LogP contribution in [0.15, 0.2) is 69.3 Å². The predicted octanol–water partition coefficient (Wildman–Crippen LogP) is 5.41. The van der Waals surface area contributed by atoms with Gasteiger partial charge in [0.2, 0.25) is 0 Å². The molecule has 5 aromatic rings. The molecule has 0 radical (unpaired) electrons. The van der Waals surface area contributed by atoms with Crippen molar-refractivity contribution < 1.29 is 4.42 Å². The van der Waals surface area contributed by atoms with Gasteiger partial charge in [0.25, 0.3) is 0 Å². The third-order valence-electron chi connectivity index (χ3n) is 7.12. The average molecular weight is 510 g/mol. The molecule has 4 heterocycles. The molecule has 0 saturated carbocycles. The third kappa shape index (κ3) is 4.88. The van der Waals surface area contributed by atoms with Crippen molar-refractivity contribution in [3.63, 3.8) is 0 Å². The monoisotopic (exact) mass is 509 g/mol. The molecule has 1 fully saturated rings. The Balaban J connectivity index is 1.01. The van der Waals surface area contributed by atoms with E-state index < -0.39 is 0 Å². The number of aryl methyl sites for hydroxylation is 1. The molecule has 0 bridgehead atoms. The van der Waals surface area contributed by atoms with Crippen molar-refractivity contribution in [2.24, 2.45) is 0 Å². The highest BCUT2D eigenvalue weighted by Crippen LogP contribution is 2.28. The number of nitrogens with one attached hydrogen (secondary N) is 1. The lowest BCUT2D eigenvalue weighted by atomic mass is 10.1. The van der Waals surface area contributed by atoms with Gasteiger partial charge in [-0.3, -0.25) is 4.90 Å². The molecule has 0 aliphatic carbocycles. The normalized spacial score (nSPS) is 14.4. The van der Waals surface area contributed by atoms with Crippen LogP contribution in [0.1, 0.15) is 24.0 Å². The Bertz CT molecular complexity index is 1650. The SMILES string of the molecule is N#Cc1ccc2[nH]cc(CCCCN3CCN(c4nc(-c5cc6ccccc6oc5=O)cs4)CC3)c2c1. The van der Waals surface area contributed by atoms with E-state index in [1.807, 2.05) is 47.8 Å². The number of benzene rings is 2. The van der Waals surface area contributed by atoms with Crippen molar-refractivity contribution in [3.8, 4) is 17.3 Å². The molecular weight excluding hydrogens is 482 g/mol. The second-order valence-electron chi connectivity index (χ2n) is 9.47. The van der Waals surface area contributed by atoms with E-state index in [1.165, 1.54) is 5.56 Å². The lowest BCUT2D eigenvalue weighted by molar-refractivity contribution is 0.253. The standard InChI is InChI=1S/C29H27N5O2S/c30-17-20-8-9-25-23(15-20)22(18-31-25)6-3-4-10-33-11-13-34(14-12-33)29-32-26(19-37-29)24-16-21-5-1-2-7-27(21)36-28(24)35/h1-2,5,7-9,15-16,18-19,31H,3-4,6,10-14H2. The van der Waals surface area contributed by atoms with E-state index in [-0.39, 0.29) is 5.63 Å². The summed E-state index contributed by atoms with van der Waals surface area (Å²) in [5, 5.41) is 14.2. The van der Waals surface area contributed by atoms with Gasteiger partial charge in [-0.25, -0.2) is 9.78 Å². The van der Waals surface area contributed by atoms with E-state index in [9.17, 15) is 10.1 Å². The van der Waals surface area contributed by atoms with Crippen LogP contribution in [-0.4, -0.2) is 47.6 Å². The fourth-order valence-corrected chi connectivity index (χ4v) is 5.92. The van der Waals surface area contributed by atoms with Crippen LogP contribution in [0.3, 0.4) is 0 Å². The van der Waals surface area contributed by atoms with Crippen LogP contribution < -0.4 is 10.5 Å². The van der Waals surface area contributed by atoms with Crippen molar-refractivity contribution in [2.45, 2.75) is 19.3 Å². The summed E-state index contributed by atoms with van der Waals surface area (Å²) in [5.74, 6) is 0. The molecule has 8 heteroatoms. The van der Waals surface area contributed by atoms with Gasteiger partial charge in [0.1, 0.15) is 5.58 Å². The van der Waals surface area contributed by atoms with E-state index in [4.69, 9.17) is 9.40 Å². The summed E-state index contributed by atoms with van der Waals surface area (Å²) >= 11 is 1.58. The molecule has 37 heavy (non-hydrogen) atoms. The smallest absolute Gasteiger partial charge is 0.345 e. The fraction of sp³-hybridized carbons (Fsp3) is 0.276. The number of hydrogen-bond donors (Lipinski definition) is 1. The summed E-state index contributed by atoms with van der Waals surface area (Å²) in [6.45, 7) is 4.95. The van der Waals surface area contributed by atoms with Gasteiger partial charge in [-0.2, -0.15) is 5.26 Å². The molecule has 1 aliphatic rings. The Hall–Kier alpha value is -3.93. The number of aromatic amines is 1. The number of thiazole rings is 1. The summed E-state index contributed by atoms with van der Waals surface area (Å²) in [4.78, 5) is 25.5. The number of anilines is 1. The zero-order valence-corrected chi connectivity index (χ0v) is 21.3. The van der Waals surface area contributed by atoms with Gasteiger partial charge in [0, 0.05) is 54.0 Å². The van der Waals surface area contributed by atoms with Crippen LogP contribution in [0.4, 0.5) is 5.13 Å². The molecule has 0 amide bonds. The van der Waals surface area contributed by atoms with Gasteiger partial charge >= 0.3 is 5.63 Å². The fourth-order valence-electron chi connectivity index (χ4n) is 5.04. The number of fused-ring (bicyclic) bond motifs is 2. The van der Waals surface area contributed by atoms with E-state index in [1.54, 1.807) is 17.4 Å².